The molecule has 3 heterocycles. The summed E-state index contributed by atoms with van der Waals surface area (Å²) in [5.74, 6) is 0.946. The van der Waals surface area contributed by atoms with E-state index in [-0.39, 0.29) is 11.9 Å². The number of methoxy groups -OCH3 is 1. The smallest absolute Gasteiger partial charge is 0.272 e. The van der Waals surface area contributed by atoms with E-state index < -0.39 is 0 Å². The Morgan fingerprint density at radius 1 is 1.14 bits per heavy atom. The summed E-state index contributed by atoms with van der Waals surface area (Å²) in [5, 5.41) is 11.3. The number of rotatable bonds is 8. The van der Waals surface area contributed by atoms with Gasteiger partial charge in [-0.1, -0.05) is 46.3 Å². The molecule has 218 valence electrons. The third-order valence-electron chi connectivity index (χ3n) is 7.78. The lowest BCUT2D eigenvalue weighted by Gasteiger charge is -2.31. The SMILES string of the molecule is COc1cc(Br)ccc1Nc1ncc2c(n1)-c1c(c(C(=O)N[C@H](CN3CCOCC3)c3ccccc3)nn1C)CCC2. The Morgan fingerprint density at radius 3 is 2.74 bits per heavy atom. The number of anilines is 2. The lowest BCUT2D eigenvalue weighted by Crippen LogP contribution is -2.43. The summed E-state index contributed by atoms with van der Waals surface area (Å²) in [6.07, 6.45) is 4.28. The Balaban J connectivity index is 1.30. The standard InChI is InChI=1S/C31H34BrN7O3/c1-38-29-23(10-6-9-21-18-33-31(36-27(21)29)35-24-12-11-22(32)17-26(24)41-2)28(37-38)30(40)34-25(20-7-4-3-5-8-20)19-39-13-15-42-16-14-39/h3-5,7-8,11-12,17-18,25H,6,9-10,13-16,19H2,1-2H3,(H,34,40)(H,33,35,36)/t25-/m1/s1. The van der Waals surface area contributed by atoms with E-state index in [1.54, 1.807) is 11.8 Å². The first-order chi connectivity index (χ1) is 20.5. The van der Waals surface area contributed by atoms with Gasteiger partial charge >= 0.3 is 0 Å². The zero-order valence-electron chi connectivity index (χ0n) is 23.8. The van der Waals surface area contributed by atoms with Crippen LogP contribution >= 0.6 is 15.9 Å². The molecule has 4 aromatic rings. The summed E-state index contributed by atoms with van der Waals surface area (Å²) in [5.41, 5.74) is 5.86. The van der Waals surface area contributed by atoms with E-state index >= 15 is 0 Å². The van der Waals surface area contributed by atoms with Gasteiger partial charge in [0.2, 0.25) is 5.95 Å². The van der Waals surface area contributed by atoms with Crippen molar-refractivity contribution in [2.45, 2.75) is 25.3 Å². The molecule has 0 saturated carbocycles. The highest BCUT2D eigenvalue weighted by atomic mass is 79.9. The summed E-state index contributed by atoms with van der Waals surface area (Å²) < 4.78 is 13.8. The maximum absolute atomic E-state index is 13.9. The Labute approximate surface area is 253 Å². The van der Waals surface area contributed by atoms with Gasteiger partial charge in [-0.2, -0.15) is 5.10 Å². The first-order valence-electron chi connectivity index (χ1n) is 14.2. The van der Waals surface area contributed by atoms with Crippen LogP contribution in [0.15, 0.2) is 59.2 Å². The van der Waals surface area contributed by atoms with Crippen molar-refractivity contribution in [3.63, 3.8) is 0 Å². The number of nitrogens with one attached hydrogen (secondary N) is 2. The van der Waals surface area contributed by atoms with Crippen molar-refractivity contribution in [3.8, 4) is 17.1 Å². The number of fused-ring (bicyclic) bond motifs is 3. The monoisotopic (exact) mass is 631 g/mol. The minimum atomic E-state index is -0.176. The van der Waals surface area contributed by atoms with Crippen molar-refractivity contribution in [3.05, 3.63) is 81.6 Å². The second kappa shape index (κ2) is 12.6. The first kappa shape index (κ1) is 28.3. The van der Waals surface area contributed by atoms with E-state index in [0.29, 0.717) is 37.2 Å². The van der Waals surface area contributed by atoms with E-state index in [0.717, 1.165) is 70.6 Å². The number of aromatic nitrogens is 4. The fraction of sp³-hybridized carbons (Fsp3) is 0.355. The maximum Gasteiger partial charge on any atom is 0.272 e. The second-order valence-electron chi connectivity index (χ2n) is 10.5. The van der Waals surface area contributed by atoms with Crippen molar-refractivity contribution in [1.29, 1.82) is 0 Å². The van der Waals surface area contributed by atoms with Gasteiger partial charge in [-0.25, -0.2) is 9.97 Å². The van der Waals surface area contributed by atoms with E-state index in [1.807, 2.05) is 49.6 Å². The van der Waals surface area contributed by atoms with Crippen molar-refractivity contribution in [2.24, 2.45) is 7.05 Å². The third-order valence-corrected chi connectivity index (χ3v) is 8.28. The fourth-order valence-corrected chi connectivity index (χ4v) is 6.01. The Bertz CT molecular complexity index is 1570. The summed E-state index contributed by atoms with van der Waals surface area (Å²) in [7, 11) is 3.50. The van der Waals surface area contributed by atoms with Crippen LogP contribution in [0.5, 0.6) is 5.75 Å². The normalized spacial score (nSPS) is 15.7. The number of morpholine rings is 1. The molecule has 1 saturated heterocycles. The van der Waals surface area contributed by atoms with Crippen molar-refractivity contribution >= 4 is 33.5 Å². The van der Waals surface area contributed by atoms with Gasteiger partial charge in [0.25, 0.3) is 5.91 Å². The largest absolute Gasteiger partial charge is 0.495 e. The van der Waals surface area contributed by atoms with Crippen molar-refractivity contribution < 1.29 is 14.3 Å². The first-order valence-corrected chi connectivity index (χ1v) is 15.0. The maximum atomic E-state index is 13.9. The van der Waals surface area contributed by atoms with E-state index in [4.69, 9.17) is 19.6 Å². The minimum absolute atomic E-state index is 0.175. The van der Waals surface area contributed by atoms with Crippen LogP contribution in [0.4, 0.5) is 11.6 Å². The molecule has 1 amide bonds. The molecule has 1 aliphatic carbocycles. The Kier molecular flexibility index (Phi) is 8.50. The van der Waals surface area contributed by atoms with Crippen LogP contribution < -0.4 is 15.4 Å². The van der Waals surface area contributed by atoms with Crippen molar-refractivity contribution in [2.75, 3.05) is 45.3 Å². The number of carbonyl (C=O) groups is 1. The quantitative estimate of drug-likeness (QED) is 0.289. The van der Waals surface area contributed by atoms with Gasteiger partial charge in [-0.05, 0) is 48.6 Å². The molecule has 10 nitrogen and oxygen atoms in total. The highest BCUT2D eigenvalue weighted by Crippen LogP contribution is 2.35. The summed E-state index contributed by atoms with van der Waals surface area (Å²) in [6, 6.07) is 15.7. The van der Waals surface area contributed by atoms with Gasteiger partial charge in [-0.15, -0.1) is 0 Å². The van der Waals surface area contributed by atoms with Crippen LogP contribution in [0, 0.1) is 0 Å². The number of ether oxygens (including phenoxy) is 2. The van der Waals surface area contributed by atoms with Crippen LogP contribution in [0.1, 0.15) is 39.6 Å². The molecule has 42 heavy (non-hydrogen) atoms. The zero-order chi connectivity index (χ0) is 29.1. The molecule has 2 N–H and O–H groups in total. The zero-order valence-corrected chi connectivity index (χ0v) is 25.4. The average Bonchev–Trinajstić information content (AvgIpc) is 3.22. The summed E-state index contributed by atoms with van der Waals surface area (Å²) in [6.45, 7) is 3.80. The molecule has 0 radical (unpaired) electrons. The van der Waals surface area contributed by atoms with Gasteiger partial charge in [0.05, 0.1) is 43.4 Å². The number of amides is 1. The molecular weight excluding hydrogens is 598 g/mol. The number of carbonyl (C=O) groups excluding carboxylic acids is 1. The molecule has 0 bridgehead atoms. The fourth-order valence-electron chi connectivity index (χ4n) is 5.67. The molecular formula is C31H34BrN7O3. The molecule has 6 rings (SSSR count). The Morgan fingerprint density at radius 2 is 1.95 bits per heavy atom. The van der Waals surface area contributed by atoms with E-state index in [1.165, 1.54) is 0 Å². The number of benzene rings is 2. The van der Waals surface area contributed by atoms with Gasteiger partial charge < -0.3 is 20.1 Å². The van der Waals surface area contributed by atoms with Crippen LogP contribution in [0.2, 0.25) is 0 Å². The number of aryl methyl sites for hydroxylation is 2. The lowest BCUT2D eigenvalue weighted by atomic mass is 10.0. The van der Waals surface area contributed by atoms with Crippen LogP contribution in [-0.4, -0.2) is 70.5 Å². The van der Waals surface area contributed by atoms with E-state index in [2.05, 4.69) is 48.6 Å². The molecule has 2 aromatic carbocycles. The molecule has 1 aliphatic heterocycles. The highest BCUT2D eigenvalue weighted by molar-refractivity contribution is 9.10. The molecule has 1 atom stereocenters. The predicted molar refractivity (Wildman–Crippen MR) is 164 cm³/mol. The molecule has 0 unspecified atom stereocenters. The van der Waals surface area contributed by atoms with E-state index in [9.17, 15) is 4.79 Å². The highest BCUT2D eigenvalue weighted by Gasteiger charge is 2.29. The minimum Gasteiger partial charge on any atom is -0.495 e. The summed E-state index contributed by atoms with van der Waals surface area (Å²) in [4.78, 5) is 25.7. The van der Waals surface area contributed by atoms with Crippen LogP contribution in [-0.2, 0) is 24.6 Å². The second-order valence-corrected chi connectivity index (χ2v) is 11.5. The molecule has 2 aliphatic rings. The number of hydrogen-bond donors (Lipinski definition) is 2. The van der Waals surface area contributed by atoms with Gasteiger partial charge in [0.15, 0.2) is 5.69 Å². The third kappa shape index (κ3) is 6.04. The van der Waals surface area contributed by atoms with Crippen LogP contribution in [0.3, 0.4) is 0 Å². The summed E-state index contributed by atoms with van der Waals surface area (Å²) >= 11 is 3.48. The average molecular weight is 633 g/mol. The number of nitrogens with zero attached hydrogens (tertiary/aromatic N) is 5. The molecule has 0 spiro atoms. The lowest BCUT2D eigenvalue weighted by molar-refractivity contribution is 0.0332. The van der Waals surface area contributed by atoms with Gasteiger partial charge in [0, 0.05) is 42.9 Å². The number of hydrogen-bond acceptors (Lipinski definition) is 8. The molecule has 11 heteroatoms. The number of halogens is 1. The Hall–Kier alpha value is -3.80. The van der Waals surface area contributed by atoms with Crippen molar-refractivity contribution in [1.82, 2.24) is 30.0 Å². The van der Waals surface area contributed by atoms with Crippen LogP contribution in [0.25, 0.3) is 11.4 Å². The topological polar surface area (TPSA) is 106 Å². The van der Waals surface area contributed by atoms with Gasteiger partial charge in [0.1, 0.15) is 5.75 Å². The predicted octanol–water partition coefficient (Wildman–Crippen LogP) is 4.68. The molecule has 2 aromatic heterocycles. The van der Waals surface area contributed by atoms with Gasteiger partial charge in [-0.3, -0.25) is 14.4 Å². The molecule has 1 fully saturated rings.